The Morgan fingerprint density at radius 3 is 2.92 bits per heavy atom. The van der Waals surface area contributed by atoms with Gasteiger partial charge in [-0.3, -0.25) is 4.79 Å². The van der Waals surface area contributed by atoms with Gasteiger partial charge in [-0.05, 0) is 6.07 Å². The molecule has 1 rings (SSSR count). The van der Waals surface area contributed by atoms with Crippen molar-refractivity contribution in [3.05, 3.63) is 23.0 Å². The number of carbonyl (C=O) groups is 1. The lowest BCUT2D eigenvalue weighted by Gasteiger charge is -2.01. The Balaban J connectivity index is 3.17. The number of aromatic nitrogens is 1. The zero-order chi connectivity index (χ0) is 9.14. The van der Waals surface area contributed by atoms with Crippen molar-refractivity contribution in [3.63, 3.8) is 0 Å². The van der Waals surface area contributed by atoms with E-state index in [0.717, 1.165) is 0 Å². The Morgan fingerprint density at radius 1 is 1.75 bits per heavy atom. The third-order valence-corrected chi connectivity index (χ3v) is 1.62. The van der Waals surface area contributed by atoms with Gasteiger partial charge in [0.25, 0.3) is 5.91 Å². The molecule has 0 radical (unpaired) electrons. The highest BCUT2D eigenvalue weighted by molar-refractivity contribution is 6.32. The molecular weight excluding hydrogens is 180 g/mol. The van der Waals surface area contributed by atoms with Gasteiger partial charge in [-0.2, -0.15) is 0 Å². The third kappa shape index (κ3) is 1.65. The number of nitrogens with zero attached hydrogens (tertiary/aromatic N) is 1. The van der Waals surface area contributed by atoms with Crippen molar-refractivity contribution < 1.29 is 9.53 Å². The standard InChI is InChI=1S/C7H7ClN2O2/c1-12-4-2-5(7(9)11)6(8)10-3-4/h2-3H,1H3,(H2,9,11). The highest BCUT2D eigenvalue weighted by Gasteiger charge is 2.08. The molecule has 5 heteroatoms. The van der Waals surface area contributed by atoms with Gasteiger partial charge >= 0.3 is 0 Å². The average Bonchev–Trinajstić information content (AvgIpc) is 2.05. The van der Waals surface area contributed by atoms with Crippen LogP contribution >= 0.6 is 11.6 Å². The molecule has 0 fully saturated rings. The zero-order valence-electron chi connectivity index (χ0n) is 6.37. The van der Waals surface area contributed by atoms with E-state index >= 15 is 0 Å². The number of pyridine rings is 1. The molecule has 0 unspecified atom stereocenters. The summed E-state index contributed by atoms with van der Waals surface area (Å²) in [5, 5.41) is 0.0864. The van der Waals surface area contributed by atoms with Crippen LogP contribution in [0.2, 0.25) is 5.15 Å². The maximum atomic E-state index is 10.7. The monoisotopic (exact) mass is 186 g/mol. The first-order valence-corrected chi connectivity index (χ1v) is 3.52. The third-order valence-electron chi connectivity index (χ3n) is 1.32. The van der Waals surface area contributed by atoms with Crippen molar-refractivity contribution in [2.45, 2.75) is 0 Å². The van der Waals surface area contributed by atoms with Crippen molar-refractivity contribution >= 4 is 17.5 Å². The van der Waals surface area contributed by atoms with E-state index in [0.29, 0.717) is 5.75 Å². The van der Waals surface area contributed by atoms with Crippen LogP contribution in [-0.4, -0.2) is 18.0 Å². The van der Waals surface area contributed by atoms with Crippen LogP contribution in [0.4, 0.5) is 0 Å². The maximum Gasteiger partial charge on any atom is 0.251 e. The van der Waals surface area contributed by atoms with Crippen molar-refractivity contribution in [2.24, 2.45) is 5.73 Å². The van der Waals surface area contributed by atoms with Crippen LogP contribution in [0, 0.1) is 0 Å². The second-order valence-corrected chi connectivity index (χ2v) is 2.44. The lowest BCUT2D eigenvalue weighted by Crippen LogP contribution is -2.12. The number of rotatable bonds is 2. The van der Waals surface area contributed by atoms with Crippen LogP contribution in [-0.2, 0) is 0 Å². The minimum Gasteiger partial charge on any atom is -0.495 e. The number of methoxy groups -OCH3 is 1. The second kappa shape index (κ2) is 3.40. The number of ether oxygens (including phenoxy) is 1. The van der Waals surface area contributed by atoms with Crippen molar-refractivity contribution in [1.82, 2.24) is 4.98 Å². The average molecular weight is 187 g/mol. The predicted molar refractivity (Wildman–Crippen MR) is 44.3 cm³/mol. The fourth-order valence-corrected chi connectivity index (χ4v) is 0.910. The Kier molecular flexibility index (Phi) is 2.50. The minimum atomic E-state index is -0.619. The van der Waals surface area contributed by atoms with E-state index in [1.165, 1.54) is 19.4 Å². The van der Waals surface area contributed by atoms with Crippen LogP contribution < -0.4 is 10.5 Å². The van der Waals surface area contributed by atoms with Crippen molar-refractivity contribution in [1.29, 1.82) is 0 Å². The molecule has 0 bridgehead atoms. The van der Waals surface area contributed by atoms with E-state index in [-0.39, 0.29) is 10.7 Å². The fourth-order valence-electron chi connectivity index (χ4n) is 0.713. The number of primary amides is 1. The fraction of sp³-hybridized carbons (Fsp3) is 0.143. The van der Waals surface area contributed by atoms with E-state index in [1.54, 1.807) is 0 Å². The molecule has 4 nitrogen and oxygen atoms in total. The summed E-state index contributed by atoms with van der Waals surface area (Å²) in [6.07, 6.45) is 1.41. The molecule has 0 aliphatic heterocycles. The summed E-state index contributed by atoms with van der Waals surface area (Å²) in [7, 11) is 1.47. The Labute approximate surface area is 74.3 Å². The van der Waals surface area contributed by atoms with E-state index < -0.39 is 5.91 Å². The molecule has 0 aliphatic carbocycles. The van der Waals surface area contributed by atoms with Crippen LogP contribution in [0.15, 0.2) is 12.3 Å². The highest BCUT2D eigenvalue weighted by Crippen LogP contribution is 2.17. The molecule has 1 aromatic rings. The molecule has 2 N–H and O–H groups in total. The summed E-state index contributed by atoms with van der Waals surface area (Å²) in [5.74, 6) is -0.167. The van der Waals surface area contributed by atoms with E-state index in [4.69, 9.17) is 22.1 Å². The molecule has 0 spiro atoms. The maximum absolute atomic E-state index is 10.7. The van der Waals surface area contributed by atoms with Crippen LogP contribution in [0.5, 0.6) is 5.75 Å². The number of hydrogen-bond acceptors (Lipinski definition) is 3. The Bertz CT molecular complexity index is 314. The van der Waals surface area contributed by atoms with Gasteiger partial charge in [-0.25, -0.2) is 4.98 Å². The zero-order valence-corrected chi connectivity index (χ0v) is 7.13. The Hall–Kier alpha value is -1.29. The van der Waals surface area contributed by atoms with Gasteiger partial charge in [0.2, 0.25) is 0 Å². The van der Waals surface area contributed by atoms with Gasteiger partial charge < -0.3 is 10.5 Å². The van der Waals surface area contributed by atoms with Crippen molar-refractivity contribution in [2.75, 3.05) is 7.11 Å². The molecule has 0 saturated carbocycles. The van der Waals surface area contributed by atoms with Crippen LogP contribution in [0.3, 0.4) is 0 Å². The summed E-state index contributed by atoms with van der Waals surface area (Å²) in [5.41, 5.74) is 5.18. The van der Waals surface area contributed by atoms with Crippen molar-refractivity contribution in [3.8, 4) is 5.75 Å². The van der Waals surface area contributed by atoms with Gasteiger partial charge in [0.05, 0.1) is 18.9 Å². The molecule has 0 saturated heterocycles. The van der Waals surface area contributed by atoms with Gasteiger partial charge in [0.1, 0.15) is 10.9 Å². The first-order chi connectivity index (χ1) is 5.65. The lowest BCUT2D eigenvalue weighted by atomic mass is 10.2. The summed E-state index contributed by atoms with van der Waals surface area (Å²) < 4.78 is 4.83. The quantitative estimate of drug-likeness (QED) is 0.697. The largest absolute Gasteiger partial charge is 0.495 e. The first-order valence-electron chi connectivity index (χ1n) is 3.14. The molecular formula is C7H7ClN2O2. The van der Waals surface area contributed by atoms with Crippen LogP contribution in [0.25, 0.3) is 0 Å². The molecule has 0 atom stereocenters. The molecule has 64 valence electrons. The smallest absolute Gasteiger partial charge is 0.251 e. The topological polar surface area (TPSA) is 65.2 Å². The van der Waals surface area contributed by atoms with Gasteiger partial charge in [0, 0.05) is 0 Å². The highest BCUT2D eigenvalue weighted by atomic mass is 35.5. The molecule has 0 aromatic carbocycles. The van der Waals surface area contributed by atoms with Gasteiger partial charge in [-0.1, -0.05) is 11.6 Å². The summed E-state index contributed by atoms with van der Waals surface area (Å²) in [6, 6.07) is 1.44. The second-order valence-electron chi connectivity index (χ2n) is 2.08. The normalized spacial score (nSPS) is 9.50. The SMILES string of the molecule is COc1cnc(Cl)c(C(N)=O)c1. The van der Waals surface area contributed by atoms with E-state index in [2.05, 4.69) is 4.98 Å². The first kappa shape index (κ1) is 8.80. The minimum absolute atomic E-state index is 0.0864. The number of halogens is 1. The lowest BCUT2D eigenvalue weighted by molar-refractivity contribution is 0.0999. The molecule has 1 aromatic heterocycles. The molecule has 1 amide bonds. The predicted octanol–water partition coefficient (Wildman–Crippen LogP) is 0.843. The molecule has 12 heavy (non-hydrogen) atoms. The summed E-state index contributed by atoms with van der Waals surface area (Å²) >= 11 is 5.58. The van der Waals surface area contributed by atoms with E-state index in [9.17, 15) is 4.79 Å². The van der Waals surface area contributed by atoms with E-state index in [1.807, 2.05) is 0 Å². The summed E-state index contributed by atoms with van der Waals surface area (Å²) in [6.45, 7) is 0. The van der Waals surface area contributed by atoms with Crippen LogP contribution in [0.1, 0.15) is 10.4 Å². The number of carbonyl (C=O) groups excluding carboxylic acids is 1. The number of nitrogens with two attached hydrogens (primary N) is 1. The number of amides is 1. The van der Waals surface area contributed by atoms with Gasteiger partial charge in [-0.15, -0.1) is 0 Å². The summed E-state index contributed by atoms with van der Waals surface area (Å²) in [4.78, 5) is 14.4. The molecule has 1 heterocycles. The van der Waals surface area contributed by atoms with Gasteiger partial charge in [0.15, 0.2) is 0 Å². The number of hydrogen-bond donors (Lipinski definition) is 1. The Morgan fingerprint density at radius 2 is 2.42 bits per heavy atom. The molecule has 0 aliphatic rings.